The fourth-order valence-corrected chi connectivity index (χ4v) is 2.77. The highest BCUT2D eigenvalue weighted by Crippen LogP contribution is 2.22. The number of nitrogens with one attached hydrogen (secondary N) is 1. The van der Waals surface area contributed by atoms with E-state index in [1.807, 2.05) is 54.6 Å². The minimum Gasteiger partial charge on any atom is -0.481 e. The average molecular weight is 325 g/mol. The normalized spacial score (nSPS) is 13.1. The number of hydrogen-bond donors (Lipinski definition) is 2. The lowest BCUT2D eigenvalue weighted by atomic mass is 9.94. The van der Waals surface area contributed by atoms with Gasteiger partial charge in [0.2, 0.25) is 5.91 Å². The molecule has 0 saturated heterocycles. The van der Waals surface area contributed by atoms with Gasteiger partial charge in [0.1, 0.15) is 0 Å². The third-order valence-electron chi connectivity index (χ3n) is 4.22. The molecule has 0 aliphatic rings. The largest absolute Gasteiger partial charge is 0.481 e. The van der Waals surface area contributed by atoms with Crippen molar-refractivity contribution in [2.45, 2.75) is 32.7 Å². The van der Waals surface area contributed by atoms with Crippen LogP contribution < -0.4 is 5.32 Å². The quantitative estimate of drug-likeness (QED) is 0.820. The zero-order valence-corrected chi connectivity index (χ0v) is 14.0. The summed E-state index contributed by atoms with van der Waals surface area (Å²) in [5.41, 5.74) is 2.91. The molecule has 0 bridgehead atoms. The average Bonchev–Trinajstić information content (AvgIpc) is 2.60. The summed E-state index contributed by atoms with van der Waals surface area (Å²) in [6.45, 7) is 3.66. The van der Waals surface area contributed by atoms with E-state index in [0.717, 1.165) is 23.1 Å². The van der Waals surface area contributed by atoms with Crippen LogP contribution in [0.4, 0.5) is 0 Å². The van der Waals surface area contributed by atoms with E-state index in [9.17, 15) is 14.7 Å². The first-order valence-electron chi connectivity index (χ1n) is 8.16. The molecule has 0 aromatic heterocycles. The number of carbonyl (C=O) groups excluding carboxylic acids is 1. The van der Waals surface area contributed by atoms with Gasteiger partial charge in [0.05, 0.1) is 18.4 Å². The van der Waals surface area contributed by atoms with Gasteiger partial charge in [0, 0.05) is 0 Å². The van der Waals surface area contributed by atoms with Crippen molar-refractivity contribution in [3.63, 3.8) is 0 Å². The summed E-state index contributed by atoms with van der Waals surface area (Å²) in [7, 11) is 0. The molecule has 0 aliphatic carbocycles. The topological polar surface area (TPSA) is 66.4 Å². The van der Waals surface area contributed by atoms with E-state index < -0.39 is 17.9 Å². The van der Waals surface area contributed by atoms with Gasteiger partial charge in [-0.05, 0) is 30.0 Å². The lowest BCUT2D eigenvalue weighted by Crippen LogP contribution is -2.36. The Morgan fingerprint density at radius 3 is 2.17 bits per heavy atom. The van der Waals surface area contributed by atoms with Crippen molar-refractivity contribution in [1.29, 1.82) is 0 Å². The Hall–Kier alpha value is -2.62. The van der Waals surface area contributed by atoms with Gasteiger partial charge in [-0.2, -0.15) is 0 Å². The number of carboxylic acid groups (broad SMARTS) is 1. The first-order valence-corrected chi connectivity index (χ1v) is 8.16. The van der Waals surface area contributed by atoms with E-state index in [4.69, 9.17) is 0 Å². The molecule has 24 heavy (non-hydrogen) atoms. The van der Waals surface area contributed by atoms with E-state index in [1.165, 1.54) is 0 Å². The number of carbonyl (C=O) groups is 2. The third-order valence-corrected chi connectivity index (χ3v) is 4.22. The second-order valence-electron chi connectivity index (χ2n) is 5.88. The fourth-order valence-electron chi connectivity index (χ4n) is 2.77. The molecule has 4 nitrogen and oxygen atoms in total. The Bertz CT molecular complexity index is 697. The number of amides is 1. The SMILES string of the molecule is CCc1ccccc1CC(=O)NC(c1ccccc1)C(C)C(=O)O. The summed E-state index contributed by atoms with van der Waals surface area (Å²) in [4.78, 5) is 23.9. The van der Waals surface area contributed by atoms with E-state index >= 15 is 0 Å². The van der Waals surface area contributed by atoms with Crippen LogP contribution in [0.2, 0.25) is 0 Å². The monoisotopic (exact) mass is 325 g/mol. The number of aryl methyl sites for hydroxylation is 1. The number of aliphatic carboxylic acids is 1. The lowest BCUT2D eigenvalue weighted by Gasteiger charge is -2.23. The first kappa shape index (κ1) is 17.7. The van der Waals surface area contributed by atoms with Crippen LogP contribution in [0.15, 0.2) is 54.6 Å². The second-order valence-corrected chi connectivity index (χ2v) is 5.88. The molecule has 0 radical (unpaired) electrons. The van der Waals surface area contributed by atoms with Gasteiger partial charge >= 0.3 is 5.97 Å². The highest BCUT2D eigenvalue weighted by Gasteiger charge is 2.26. The van der Waals surface area contributed by atoms with Gasteiger partial charge in [-0.25, -0.2) is 0 Å². The summed E-state index contributed by atoms with van der Waals surface area (Å²) < 4.78 is 0. The van der Waals surface area contributed by atoms with Crippen molar-refractivity contribution < 1.29 is 14.7 Å². The van der Waals surface area contributed by atoms with Crippen molar-refractivity contribution in [2.24, 2.45) is 5.92 Å². The second kappa shape index (κ2) is 8.29. The van der Waals surface area contributed by atoms with Crippen molar-refractivity contribution in [3.05, 3.63) is 71.3 Å². The first-order chi connectivity index (χ1) is 11.5. The lowest BCUT2D eigenvalue weighted by molar-refractivity contribution is -0.142. The van der Waals surface area contributed by atoms with Crippen LogP contribution in [-0.4, -0.2) is 17.0 Å². The van der Waals surface area contributed by atoms with Crippen LogP contribution in [-0.2, 0) is 22.4 Å². The molecule has 2 aromatic rings. The molecule has 0 aliphatic heterocycles. The third kappa shape index (κ3) is 4.44. The molecule has 2 aromatic carbocycles. The Balaban J connectivity index is 2.17. The molecule has 2 unspecified atom stereocenters. The van der Waals surface area contributed by atoms with Crippen LogP contribution in [0, 0.1) is 5.92 Å². The zero-order chi connectivity index (χ0) is 17.5. The zero-order valence-electron chi connectivity index (χ0n) is 14.0. The molecule has 0 fully saturated rings. The van der Waals surface area contributed by atoms with E-state index in [1.54, 1.807) is 6.92 Å². The standard InChI is InChI=1S/C20H23NO3/c1-3-15-9-7-8-12-17(15)13-18(22)21-19(14(2)20(23)24)16-10-5-4-6-11-16/h4-12,14,19H,3,13H2,1-2H3,(H,21,22)(H,23,24). The van der Waals surface area contributed by atoms with Gasteiger partial charge in [-0.3, -0.25) is 9.59 Å². The molecule has 4 heteroatoms. The maximum absolute atomic E-state index is 12.5. The molecule has 0 saturated carbocycles. The Morgan fingerprint density at radius 2 is 1.58 bits per heavy atom. The Labute approximate surface area is 142 Å². The van der Waals surface area contributed by atoms with Gasteiger partial charge < -0.3 is 10.4 Å². The molecule has 2 rings (SSSR count). The maximum Gasteiger partial charge on any atom is 0.308 e. The van der Waals surface area contributed by atoms with Crippen molar-refractivity contribution in [1.82, 2.24) is 5.32 Å². The van der Waals surface area contributed by atoms with Gasteiger partial charge in [-0.15, -0.1) is 0 Å². The van der Waals surface area contributed by atoms with Crippen LogP contribution in [0.3, 0.4) is 0 Å². The molecule has 1 amide bonds. The number of rotatable bonds is 7. The molecular formula is C20H23NO3. The van der Waals surface area contributed by atoms with Gasteiger partial charge in [0.15, 0.2) is 0 Å². The summed E-state index contributed by atoms with van der Waals surface area (Å²) in [5, 5.41) is 12.2. The smallest absolute Gasteiger partial charge is 0.308 e. The predicted molar refractivity (Wildman–Crippen MR) is 93.6 cm³/mol. The van der Waals surface area contributed by atoms with Crippen LogP contribution in [0.5, 0.6) is 0 Å². The highest BCUT2D eigenvalue weighted by atomic mass is 16.4. The van der Waals surface area contributed by atoms with E-state index in [0.29, 0.717) is 0 Å². The Morgan fingerprint density at radius 1 is 1.00 bits per heavy atom. The summed E-state index contributed by atoms with van der Waals surface area (Å²) in [6, 6.07) is 16.5. The number of carboxylic acids is 1. The fraction of sp³-hybridized carbons (Fsp3) is 0.300. The van der Waals surface area contributed by atoms with Gasteiger partial charge in [-0.1, -0.05) is 61.5 Å². The molecule has 0 spiro atoms. The predicted octanol–water partition coefficient (Wildman–Crippen LogP) is 3.37. The van der Waals surface area contributed by atoms with Crippen molar-refractivity contribution in [3.8, 4) is 0 Å². The Kier molecular flexibility index (Phi) is 6.13. The van der Waals surface area contributed by atoms with Crippen LogP contribution in [0.1, 0.15) is 36.6 Å². The summed E-state index contributed by atoms with van der Waals surface area (Å²) >= 11 is 0. The van der Waals surface area contributed by atoms with E-state index in [2.05, 4.69) is 12.2 Å². The summed E-state index contributed by atoms with van der Waals surface area (Å²) in [6.07, 6.45) is 1.11. The molecule has 0 heterocycles. The maximum atomic E-state index is 12.5. The molecule has 126 valence electrons. The highest BCUT2D eigenvalue weighted by molar-refractivity contribution is 5.80. The van der Waals surface area contributed by atoms with Crippen LogP contribution >= 0.6 is 0 Å². The number of hydrogen-bond acceptors (Lipinski definition) is 2. The molecule has 2 atom stereocenters. The molecule has 2 N–H and O–H groups in total. The number of benzene rings is 2. The minimum absolute atomic E-state index is 0.169. The van der Waals surface area contributed by atoms with Crippen molar-refractivity contribution >= 4 is 11.9 Å². The summed E-state index contributed by atoms with van der Waals surface area (Å²) in [5.74, 6) is -1.81. The van der Waals surface area contributed by atoms with E-state index in [-0.39, 0.29) is 12.3 Å². The van der Waals surface area contributed by atoms with Crippen molar-refractivity contribution in [2.75, 3.05) is 0 Å². The molecular weight excluding hydrogens is 302 g/mol. The van der Waals surface area contributed by atoms with Gasteiger partial charge in [0.25, 0.3) is 0 Å². The van der Waals surface area contributed by atoms with Crippen LogP contribution in [0.25, 0.3) is 0 Å². The minimum atomic E-state index is -0.932.